The number of carbonyl (C=O) groups is 3. The van der Waals surface area contributed by atoms with E-state index in [-0.39, 0.29) is 35.4 Å². The Morgan fingerprint density at radius 1 is 0.733 bits per heavy atom. The Hall–Kier alpha value is -1.39. The molecule has 176 valence electrons. The summed E-state index contributed by atoms with van der Waals surface area (Å²) in [5.41, 5.74) is 0. The van der Waals surface area contributed by atoms with Crippen LogP contribution in [0, 0.1) is 17.8 Å². The summed E-state index contributed by atoms with van der Waals surface area (Å²) >= 11 is 0. The summed E-state index contributed by atoms with van der Waals surface area (Å²) in [4.78, 5) is 38.1. The van der Waals surface area contributed by atoms with Crippen molar-refractivity contribution in [2.45, 2.75) is 118 Å². The number of hydrogen-bond acceptors (Lipinski definition) is 3. The highest BCUT2D eigenvalue weighted by molar-refractivity contribution is 5.90. The van der Waals surface area contributed by atoms with Gasteiger partial charge in [-0.2, -0.15) is 0 Å². The van der Waals surface area contributed by atoms with Crippen molar-refractivity contribution in [2.75, 3.05) is 6.54 Å². The Balaban J connectivity index is 5.06. The predicted octanol–water partition coefficient (Wildman–Crippen LogP) is 5.42. The van der Waals surface area contributed by atoms with Crippen LogP contribution >= 0.6 is 0 Å². The average molecular weight is 425 g/mol. The molecule has 0 rings (SSSR count). The highest BCUT2D eigenvalue weighted by Crippen LogP contribution is 2.14. The molecule has 0 saturated heterocycles. The van der Waals surface area contributed by atoms with E-state index in [0.29, 0.717) is 19.4 Å². The standard InChI is InChI=1S/C25H48N2O3/c1-7-10-12-15-21(18-26-24(29)20(6)14-9-3)25(30)27-22(16-13-11-8-2)23(28)17-19(4)5/h19-22H,7-18H2,1-6H3,(H,26,29)(H,27,30). The van der Waals surface area contributed by atoms with Crippen molar-refractivity contribution < 1.29 is 14.4 Å². The molecule has 0 aliphatic carbocycles. The molecule has 0 aliphatic rings. The Morgan fingerprint density at radius 2 is 1.33 bits per heavy atom. The molecule has 0 aromatic heterocycles. The van der Waals surface area contributed by atoms with E-state index in [4.69, 9.17) is 0 Å². The van der Waals surface area contributed by atoms with Crippen LogP contribution in [-0.4, -0.2) is 30.2 Å². The lowest BCUT2D eigenvalue weighted by atomic mass is 9.95. The van der Waals surface area contributed by atoms with Gasteiger partial charge in [-0.3, -0.25) is 14.4 Å². The first-order valence-electron chi connectivity index (χ1n) is 12.4. The number of unbranched alkanes of at least 4 members (excludes halogenated alkanes) is 4. The van der Waals surface area contributed by atoms with Gasteiger partial charge in [-0.1, -0.05) is 86.5 Å². The molecule has 0 aromatic rings. The van der Waals surface area contributed by atoms with Gasteiger partial charge in [-0.15, -0.1) is 0 Å². The van der Waals surface area contributed by atoms with Crippen LogP contribution in [0.25, 0.3) is 0 Å². The monoisotopic (exact) mass is 424 g/mol. The van der Waals surface area contributed by atoms with Crippen LogP contribution in [0.15, 0.2) is 0 Å². The largest absolute Gasteiger partial charge is 0.355 e. The lowest BCUT2D eigenvalue weighted by Gasteiger charge is -2.23. The van der Waals surface area contributed by atoms with Crippen molar-refractivity contribution >= 4 is 17.6 Å². The first-order chi connectivity index (χ1) is 14.3. The topological polar surface area (TPSA) is 75.3 Å². The van der Waals surface area contributed by atoms with E-state index < -0.39 is 6.04 Å². The second-order valence-electron chi connectivity index (χ2n) is 9.25. The van der Waals surface area contributed by atoms with Gasteiger partial charge in [0.05, 0.1) is 12.0 Å². The smallest absolute Gasteiger partial charge is 0.225 e. The van der Waals surface area contributed by atoms with Gasteiger partial charge < -0.3 is 10.6 Å². The molecule has 2 amide bonds. The number of nitrogens with one attached hydrogen (secondary N) is 2. The number of hydrogen-bond donors (Lipinski definition) is 2. The van der Waals surface area contributed by atoms with E-state index in [1.807, 2.05) is 20.8 Å². The molecular formula is C25H48N2O3. The summed E-state index contributed by atoms with van der Waals surface area (Å²) in [6.07, 6.45) is 9.93. The Morgan fingerprint density at radius 3 is 1.87 bits per heavy atom. The summed E-state index contributed by atoms with van der Waals surface area (Å²) in [5.74, 6) is 0.0115. The fraction of sp³-hybridized carbons (Fsp3) is 0.880. The van der Waals surface area contributed by atoms with E-state index in [1.165, 1.54) is 0 Å². The molecule has 0 bridgehead atoms. The lowest BCUT2D eigenvalue weighted by molar-refractivity contribution is -0.131. The molecule has 0 aliphatic heterocycles. The molecule has 5 heteroatoms. The van der Waals surface area contributed by atoms with Gasteiger partial charge in [-0.05, 0) is 25.2 Å². The van der Waals surface area contributed by atoms with Crippen LogP contribution < -0.4 is 10.6 Å². The van der Waals surface area contributed by atoms with Crippen molar-refractivity contribution in [1.82, 2.24) is 10.6 Å². The maximum Gasteiger partial charge on any atom is 0.225 e. The van der Waals surface area contributed by atoms with E-state index >= 15 is 0 Å². The van der Waals surface area contributed by atoms with Crippen molar-refractivity contribution in [1.29, 1.82) is 0 Å². The summed E-state index contributed by atoms with van der Waals surface area (Å²) in [6.45, 7) is 12.7. The molecule has 2 N–H and O–H groups in total. The van der Waals surface area contributed by atoms with Crippen LogP contribution in [0.5, 0.6) is 0 Å². The van der Waals surface area contributed by atoms with Crippen molar-refractivity contribution in [3.05, 3.63) is 0 Å². The zero-order chi connectivity index (χ0) is 22.9. The van der Waals surface area contributed by atoms with Gasteiger partial charge in [0, 0.05) is 18.9 Å². The zero-order valence-corrected chi connectivity index (χ0v) is 20.5. The van der Waals surface area contributed by atoms with Gasteiger partial charge in [0.1, 0.15) is 0 Å². The van der Waals surface area contributed by atoms with Gasteiger partial charge in [0.2, 0.25) is 11.8 Å². The summed E-state index contributed by atoms with van der Waals surface area (Å²) in [7, 11) is 0. The lowest BCUT2D eigenvalue weighted by Crippen LogP contribution is -2.47. The minimum atomic E-state index is -0.408. The highest BCUT2D eigenvalue weighted by atomic mass is 16.2. The number of Topliss-reactive ketones (excluding diaryl/α,β-unsaturated/α-hetero) is 1. The third kappa shape index (κ3) is 13.0. The van der Waals surface area contributed by atoms with Gasteiger partial charge in [-0.25, -0.2) is 0 Å². The van der Waals surface area contributed by atoms with Crippen molar-refractivity contribution in [3.63, 3.8) is 0 Å². The molecule has 0 heterocycles. The fourth-order valence-corrected chi connectivity index (χ4v) is 3.68. The number of rotatable bonds is 18. The average Bonchev–Trinajstić information content (AvgIpc) is 2.69. The third-order valence-corrected chi connectivity index (χ3v) is 5.63. The van der Waals surface area contributed by atoms with E-state index in [1.54, 1.807) is 0 Å². The molecule has 30 heavy (non-hydrogen) atoms. The number of carbonyl (C=O) groups excluding carboxylic acids is 3. The molecule has 0 radical (unpaired) electrons. The van der Waals surface area contributed by atoms with E-state index in [9.17, 15) is 14.4 Å². The minimum absolute atomic E-state index is 0.0144. The first-order valence-corrected chi connectivity index (χ1v) is 12.4. The second kappa shape index (κ2) is 17.3. The van der Waals surface area contributed by atoms with Crippen LogP contribution in [0.1, 0.15) is 112 Å². The van der Waals surface area contributed by atoms with Crippen LogP contribution in [0.2, 0.25) is 0 Å². The van der Waals surface area contributed by atoms with Gasteiger partial charge >= 0.3 is 0 Å². The summed E-state index contributed by atoms with van der Waals surface area (Å²) in [5, 5.41) is 6.02. The highest BCUT2D eigenvalue weighted by Gasteiger charge is 2.26. The Kier molecular flexibility index (Phi) is 16.5. The maximum atomic E-state index is 13.1. The number of ketones is 1. The SMILES string of the molecule is CCCCCC(CNC(=O)C(C)CCC)C(=O)NC(CCCCC)C(=O)CC(C)C. The molecule has 3 unspecified atom stereocenters. The molecular weight excluding hydrogens is 376 g/mol. The normalized spacial score (nSPS) is 14.2. The molecule has 5 nitrogen and oxygen atoms in total. The Labute approximate surface area is 185 Å². The van der Waals surface area contributed by atoms with Gasteiger partial charge in [0.15, 0.2) is 5.78 Å². The van der Waals surface area contributed by atoms with Crippen molar-refractivity contribution in [3.8, 4) is 0 Å². The van der Waals surface area contributed by atoms with E-state index in [0.717, 1.165) is 57.8 Å². The molecule has 0 saturated carbocycles. The second-order valence-corrected chi connectivity index (χ2v) is 9.25. The molecule has 3 atom stereocenters. The van der Waals surface area contributed by atoms with Crippen LogP contribution in [-0.2, 0) is 14.4 Å². The fourth-order valence-electron chi connectivity index (χ4n) is 3.68. The Bertz CT molecular complexity index is 491. The molecule has 0 fully saturated rings. The molecule has 0 spiro atoms. The predicted molar refractivity (Wildman–Crippen MR) is 125 cm³/mol. The quantitative estimate of drug-likeness (QED) is 0.289. The minimum Gasteiger partial charge on any atom is -0.355 e. The van der Waals surface area contributed by atoms with Crippen LogP contribution in [0.4, 0.5) is 0 Å². The van der Waals surface area contributed by atoms with Crippen LogP contribution in [0.3, 0.4) is 0 Å². The zero-order valence-electron chi connectivity index (χ0n) is 20.5. The summed E-state index contributed by atoms with van der Waals surface area (Å²) in [6, 6.07) is -0.408. The van der Waals surface area contributed by atoms with E-state index in [2.05, 4.69) is 31.4 Å². The summed E-state index contributed by atoms with van der Waals surface area (Å²) < 4.78 is 0. The first kappa shape index (κ1) is 28.6. The van der Waals surface area contributed by atoms with Crippen molar-refractivity contribution in [2.24, 2.45) is 17.8 Å². The maximum absolute atomic E-state index is 13.1. The van der Waals surface area contributed by atoms with Gasteiger partial charge in [0.25, 0.3) is 0 Å². The third-order valence-electron chi connectivity index (χ3n) is 5.63. The molecule has 0 aromatic carbocycles. The number of amides is 2.